The van der Waals surface area contributed by atoms with Crippen LogP contribution in [0, 0.1) is 13.8 Å². The van der Waals surface area contributed by atoms with Gasteiger partial charge >= 0.3 is 0 Å². The van der Waals surface area contributed by atoms with Crippen LogP contribution >= 0.6 is 0 Å². The van der Waals surface area contributed by atoms with Crippen molar-refractivity contribution in [3.05, 3.63) is 63.3 Å². The molecule has 0 aliphatic carbocycles. The second-order valence-electron chi connectivity index (χ2n) is 4.21. The maximum atomic E-state index is 11.6. The third kappa shape index (κ3) is 2.81. The molecule has 1 aromatic heterocycles. The van der Waals surface area contributed by atoms with Gasteiger partial charge in [-0.25, -0.2) is 4.98 Å². The molecule has 2 aromatic rings. The third-order valence-corrected chi connectivity index (χ3v) is 2.94. The van der Waals surface area contributed by atoms with Crippen molar-refractivity contribution >= 4 is 0 Å². The van der Waals surface area contributed by atoms with E-state index in [1.54, 1.807) is 6.92 Å². The van der Waals surface area contributed by atoms with E-state index in [1.165, 1.54) is 5.56 Å². The van der Waals surface area contributed by atoms with Crippen LogP contribution in [-0.4, -0.2) is 9.97 Å². The molecule has 0 spiro atoms. The lowest BCUT2D eigenvalue weighted by Crippen LogP contribution is -2.16. The van der Waals surface area contributed by atoms with Gasteiger partial charge in [0.1, 0.15) is 5.82 Å². The van der Waals surface area contributed by atoms with E-state index in [-0.39, 0.29) is 5.56 Å². The minimum Gasteiger partial charge on any atom is -0.310 e. The molecule has 0 aliphatic heterocycles. The monoisotopic (exact) mass is 228 g/mol. The summed E-state index contributed by atoms with van der Waals surface area (Å²) in [5.74, 6) is 0.766. The molecule has 0 unspecified atom stereocenters. The molecular formula is C14H16N2O. The predicted octanol–water partition coefficient (Wildman–Crippen LogP) is 2.17. The first-order valence-corrected chi connectivity index (χ1v) is 5.77. The zero-order valence-electron chi connectivity index (χ0n) is 10.2. The Bertz CT molecular complexity index is 558. The molecule has 0 amide bonds. The van der Waals surface area contributed by atoms with Crippen molar-refractivity contribution in [3.8, 4) is 0 Å². The maximum Gasteiger partial charge on any atom is 0.254 e. The normalized spacial score (nSPS) is 10.5. The second kappa shape index (κ2) is 4.95. The third-order valence-electron chi connectivity index (χ3n) is 2.94. The minimum absolute atomic E-state index is 0.0273. The number of H-pyrrole nitrogens is 1. The van der Waals surface area contributed by atoms with Gasteiger partial charge in [0.25, 0.3) is 5.56 Å². The number of hydrogen-bond donors (Lipinski definition) is 1. The highest BCUT2D eigenvalue weighted by Gasteiger charge is 2.03. The van der Waals surface area contributed by atoms with Gasteiger partial charge in [0, 0.05) is 17.7 Å². The molecule has 0 saturated carbocycles. The highest BCUT2D eigenvalue weighted by molar-refractivity contribution is 5.17. The van der Waals surface area contributed by atoms with Crippen molar-refractivity contribution in [1.82, 2.24) is 9.97 Å². The molecule has 1 N–H and O–H groups in total. The summed E-state index contributed by atoms with van der Waals surface area (Å²) in [7, 11) is 0. The summed E-state index contributed by atoms with van der Waals surface area (Å²) in [6.45, 7) is 3.67. The topological polar surface area (TPSA) is 45.8 Å². The van der Waals surface area contributed by atoms with E-state index in [0.717, 1.165) is 24.4 Å². The van der Waals surface area contributed by atoms with Crippen molar-refractivity contribution in [3.63, 3.8) is 0 Å². The summed E-state index contributed by atoms with van der Waals surface area (Å²) < 4.78 is 0. The fourth-order valence-electron chi connectivity index (χ4n) is 1.73. The van der Waals surface area contributed by atoms with Gasteiger partial charge in [-0.2, -0.15) is 0 Å². The molecule has 88 valence electrons. The lowest BCUT2D eigenvalue weighted by atomic mass is 10.1. The van der Waals surface area contributed by atoms with Gasteiger partial charge in [-0.1, -0.05) is 30.3 Å². The van der Waals surface area contributed by atoms with Gasteiger partial charge in [-0.05, 0) is 25.8 Å². The molecule has 3 heteroatoms. The van der Waals surface area contributed by atoms with Gasteiger partial charge in [0.05, 0.1) is 0 Å². The smallest absolute Gasteiger partial charge is 0.254 e. The predicted molar refractivity (Wildman–Crippen MR) is 68.2 cm³/mol. The Kier molecular flexibility index (Phi) is 3.38. The van der Waals surface area contributed by atoms with Gasteiger partial charge < -0.3 is 4.98 Å². The average Bonchev–Trinajstić information content (AvgIpc) is 2.34. The van der Waals surface area contributed by atoms with E-state index in [0.29, 0.717) is 5.56 Å². The molecule has 0 atom stereocenters. The van der Waals surface area contributed by atoms with Crippen LogP contribution in [0.1, 0.15) is 22.6 Å². The molecule has 3 nitrogen and oxygen atoms in total. The average molecular weight is 228 g/mol. The molecule has 0 bridgehead atoms. The highest BCUT2D eigenvalue weighted by Crippen LogP contribution is 2.04. The van der Waals surface area contributed by atoms with Crippen LogP contribution in [0.5, 0.6) is 0 Å². The Labute approximate surface area is 101 Å². The van der Waals surface area contributed by atoms with E-state index >= 15 is 0 Å². The van der Waals surface area contributed by atoms with Gasteiger partial charge in [-0.15, -0.1) is 0 Å². The van der Waals surface area contributed by atoms with Crippen LogP contribution < -0.4 is 5.56 Å². The molecule has 1 aromatic carbocycles. The lowest BCUT2D eigenvalue weighted by Gasteiger charge is -2.04. The van der Waals surface area contributed by atoms with Crippen molar-refractivity contribution in [2.45, 2.75) is 26.7 Å². The van der Waals surface area contributed by atoms with Crippen molar-refractivity contribution in [1.29, 1.82) is 0 Å². The molecule has 0 fully saturated rings. The van der Waals surface area contributed by atoms with Crippen LogP contribution in [0.4, 0.5) is 0 Å². The number of rotatable bonds is 3. The van der Waals surface area contributed by atoms with E-state index in [4.69, 9.17) is 0 Å². The number of benzene rings is 1. The summed E-state index contributed by atoms with van der Waals surface area (Å²) in [6.07, 6.45) is 1.66. The summed E-state index contributed by atoms with van der Waals surface area (Å²) in [4.78, 5) is 18.8. The molecule has 0 aliphatic rings. The molecule has 0 saturated heterocycles. The largest absolute Gasteiger partial charge is 0.310 e. The van der Waals surface area contributed by atoms with E-state index in [9.17, 15) is 4.79 Å². The van der Waals surface area contributed by atoms with Crippen LogP contribution in [0.2, 0.25) is 0 Å². The Morgan fingerprint density at radius 1 is 1.12 bits per heavy atom. The van der Waals surface area contributed by atoms with Crippen LogP contribution in [0.15, 0.2) is 35.1 Å². The first-order valence-electron chi connectivity index (χ1n) is 5.77. The van der Waals surface area contributed by atoms with Crippen molar-refractivity contribution in [2.75, 3.05) is 0 Å². The van der Waals surface area contributed by atoms with E-state index < -0.39 is 0 Å². The van der Waals surface area contributed by atoms with Gasteiger partial charge in [0.2, 0.25) is 0 Å². The number of aromatic nitrogens is 2. The standard InChI is InChI=1S/C14H16N2O/c1-10-11(2)15-13(16-14(10)17)9-8-12-6-4-3-5-7-12/h3-7H,8-9H2,1-2H3,(H,15,16,17). The molecule has 1 heterocycles. The zero-order chi connectivity index (χ0) is 12.3. The van der Waals surface area contributed by atoms with E-state index in [2.05, 4.69) is 22.1 Å². The fourth-order valence-corrected chi connectivity index (χ4v) is 1.73. The highest BCUT2D eigenvalue weighted by atomic mass is 16.1. The zero-order valence-corrected chi connectivity index (χ0v) is 10.2. The van der Waals surface area contributed by atoms with Gasteiger partial charge in [0.15, 0.2) is 0 Å². The Morgan fingerprint density at radius 2 is 1.82 bits per heavy atom. The minimum atomic E-state index is -0.0273. The molecule has 0 radical (unpaired) electrons. The molecular weight excluding hydrogens is 212 g/mol. The summed E-state index contributed by atoms with van der Waals surface area (Å²) in [5, 5.41) is 0. The quantitative estimate of drug-likeness (QED) is 0.875. The second-order valence-corrected chi connectivity index (χ2v) is 4.21. The number of nitrogens with zero attached hydrogens (tertiary/aromatic N) is 1. The first-order chi connectivity index (χ1) is 8.16. The SMILES string of the molecule is Cc1nc(CCc2ccccc2)[nH]c(=O)c1C. The number of hydrogen-bond acceptors (Lipinski definition) is 2. The number of nitrogens with one attached hydrogen (secondary N) is 1. The summed E-state index contributed by atoms with van der Waals surface area (Å²) in [6, 6.07) is 10.2. The summed E-state index contributed by atoms with van der Waals surface area (Å²) in [5.41, 5.74) is 2.75. The maximum absolute atomic E-state index is 11.6. The fraction of sp³-hybridized carbons (Fsp3) is 0.286. The Balaban J connectivity index is 2.13. The van der Waals surface area contributed by atoms with Crippen LogP contribution in [-0.2, 0) is 12.8 Å². The Morgan fingerprint density at radius 3 is 2.47 bits per heavy atom. The Hall–Kier alpha value is -1.90. The number of aromatic amines is 1. The van der Waals surface area contributed by atoms with Crippen LogP contribution in [0.25, 0.3) is 0 Å². The van der Waals surface area contributed by atoms with Crippen molar-refractivity contribution < 1.29 is 0 Å². The van der Waals surface area contributed by atoms with E-state index in [1.807, 2.05) is 25.1 Å². The van der Waals surface area contributed by atoms with Crippen LogP contribution in [0.3, 0.4) is 0 Å². The summed E-state index contributed by atoms with van der Waals surface area (Å²) >= 11 is 0. The first kappa shape index (κ1) is 11.6. The lowest BCUT2D eigenvalue weighted by molar-refractivity contribution is 0.826. The number of aryl methyl sites for hydroxylation is 3. The van der Waals surface area contributed by atoms with Crippen molar-refractivity contribution in [2.24, 2.45) is 0 Å². The molecule has 2 rings (SSSR count). The van der Waals surface area contributed by atoms with Gasteiger partial charge in [-0.3, -0.25) is 4.79 Å². The molecule has 17 heavy (non-hydrogen) atoms.